The monoisotopic (exact) mass is 266 g/mol. The molecule has 0 radical (unpaired) electrons. The highest BCUT2D eigenvalue weighted by molar-refractivity contribution is 5.94. The van der Waals surface area contributed by atoms with Crippen LogP contribution in [0.4, 0.5) is 0 Å². The first-order chi connectivity index (χ1) is 9.00. The zero-order chi connectivity index (χ0) is 14.0. The van der Waals surface area contributed by atoms with Crippen molar-refractivity contribution in [3.05, 3.63) is 29.6 Å². The van der Waals surface area contributed by atoms with Crippen LogP contribution in [0.2, 0.25) is 0 Å². The molecule has 0 saturated carbocycles. The number of likely N-dealkylation sites (N-methyl/N-ethyl adjacent to an activating group) is 1. The SMILES string of the molecule is Cc1cc(C(=O)N(C)[C@@H]2COC[C@@H](O)[C@H]2O)ccn1. The van der Waals surface area contributed by atoms with Crippen LogP contribution in [0.3, 0.4) is 0 Å². The number of carbonyl (C=O) groups excluding carboxylic acids is 1. The third kappa shape index (κ3) is 2.91. The molecule has 0 bridgehead atoms. The largest absolute Gasteiger partial charge is 0.388 e. The van der Waals surface area contributed by atoms with Gasteiger partial charge in [0.25, 0.3) is 5.91 Å². The summed E-state index contributed by atoms with van der Waals surface area (Å²) in [4.78, 5) is 17.7. The van der Waals surface area contributed by atoms with Crippen LogP contribution in [-0.4, -0.2) is 64.5 Å². The lowest BCUT2D eigenvalue weighted by Gasteiger charge is -2.37. The van der Waals surface area contributed by atoms with Gasteiger partial charge in [-0.15, -0.1) is 0 Å². The van der Waals surface area contributed by atoms with Gasteiger partial charge in [0, 0.05) is 24.5 Å². The lowest BCUT2D eigenvalue weighted by molar-refractivity contribution is -0.122. The van der Waals surface area contributed by atoms with Gasteiger partial charge in [-0.3, -0.25) is 9.78 Å². The van der Waals surface area contributed by atoms with E-state index in [1.54, 1.807) is 32.3 Å². The van der Waals surface area contributed by atoms with Crippen molar-refractivity contribution < 1.29 is 19.7 Å². The zero-order valence-electron chi connectivity index (χ0n) is 11.0. The fourth-order valence-corrected chi connectivity index (χ4v) is 2.14. The molecular formula is C13H18N2O4. The van der Waals surface area contributed by atoms with Gasteiger partial charge >= 0.3 is 0 Å². The number of amides is 1. The molecule has 1 aliphatic rings. The number of aryl methyl sites for hydroxylation is 1. The maximum Gasteiger partial charge on any atom is 0.254 e. The summed E-state index contributed by atoms with van der Waals surface area (Å²) in [5.74, 6) is -0.229. The van der Waals surface area contributed by atoms with E-state index in [0.29, 0.717) is 5.56 Å². The number of pyridine rings is 1. The summed E-state index contributed by atoms with van der Waals surface area (Å²) in [6, 6.07) is 2.76. The quantitative estimate of drug-likeness (QED) is 0.760. The van der Waals surface area contributed by atoms with E-state index in [-0.39, 0.29) is 19.1 Å². The number of hydrogen-bond donors (Lipinski definition) is 2. The predicted octanol–water partition coefficient (Wildman–Crippen LogP) is -0.417. The van der Waals surface area contributed by atoms with Gasteiger partial charge in [-0.1, -0.05) is 0 Å². The molecule has 1 aromatic heterocycles. The second-order valence-electron chi connectivity index (χ2n) is 4.76. The molecule has 0 aliphatic carbocycles. The average Bonchev–Trinajstić information content (AvgIpc) is 2.40. The second kappa shape index (κ2) is 5.64. The molecule has 0 aromatic carbocycles. The van der Waals surface area contributed by atoms with Crippen molar-refractivity contribution in [1.82, 2.24) is 9.88 Å². The molecule has 1 aromatic rings. The topological polar surface area (TPSA) is 82.9 Å². The highest BCUT2D eigenvalue weighted by Crippen LogP contribution is 2.16. The summed E-state index contributed by atoms with van der Waals surface area (Å²) in [5.41, 5.74) is 1.25. The lowest BCUT2D eigenvalue weighted by Crippen LogP contribution is -2.56. The zero-order valence-corrected chi connectivity index (χ0v) is 11.0. The van der Waals surface area contributed by atoms with E-state index in [1.165, 1.54) is 4.90 Å². The molecule has 0 spiro atoms. The Hall–Kier alpha value is -1.50. The minimum absolute atomic E-state index is 0.0913. The van der Waals surface area contributed by atoms with Crippen LogP contribution in [-0.2, 0) is 4.74 Å². The van der Waals surface area contributed by atoms with Crippen LogP contribution in [0.25, 0.3) is 0 Å². The van der Waals surface area contributed by atoms with E-state index in [9.17, 15) is 15.0 Å². The fourth-order valence-electron chi connectivity index (χ4n) is 2.14. The summed E-state index contributed by atoms with van der Waals surface area (Å²) in [6.07, 6.45) is -0.391. The normalized spacial score (nSPS) is 27.1. The van der Waals surface area contributed by atoms with E-state index >= 15 is 0 Å². The van der Waals surface area contributed by atoms with Gasteiger partial charge in [-0.25, -0.2) is 0 Å². The summed E-state index contributed by atoms with van der Waals surface area (Å²) in [7, 11) is 1.59. The van der Waals surface area contributed by atoms with Crippen LogP contribution in [0, 0.1) is 6.92 Å². The maximum atomic E-state index is 12.3. The molecule has 1 aliphatic heterocycles. The summed E-state index contributed by atoms with van der Waals surface area (Å²) >= 11 is 0. The smallest absolute Gasteiger partial charge is 0.254 e. The van der Waals surface area contributed by atoms with Gasteiger partial charge in [0.15, 0.2) is 0 Å². The Balaban J connectivity index is 2.14. The highest BCUT2D eigenvalue weighted by Gasteiger charge is 2.36. The molecule has 1 saturated heterocycles. The van der Waals surface area contributed by atoms with E-state index in [1.807, 2.05) is 0 Å². The first-order valence-corrected chi connectivity index (χ1v) is 6.14. The minimum atomic E-state index is -0.995. The molecule has 3 atom stereocenters. The Morgan fingerprint density at radius 2 is 2.21 bits per heavy atom. The van der Waals surface area contributed by atoms with E-state index < -0.39 is 18.2 Å². The van der Waals surface area contributed by atoms with Crippen LogP contribution < -0.4 is 0 Å². The van der Waals surface area contributed by atoms with Crippen molar-refractivity contribution in [3.63, 3.8) is 0 Å². The summed E-state index contributed by atoms with van der Waals surface area (Å²) in [5, 5.41) is 19.5. The third-order valence-corrected chi connectivity index (χ3v) is 3.33. The Morgan fingerprint density at radius 1 is 1.47 bits per heavy atom. The average molecular weight is 266 g/mol. The maximum absolute atomic E-state index is 12.3. The Kier molecular flexibility index (Phi) is 4.14. The number of ether oxygens (including phenoxy) is 1. The van der Waals surface area contributed by atoms with Crippen molar-refractivity contribution in [1.29, 1.82) is 0 Å². The number of aliphatic hydroxyl groups is 2. The molecule has 6 nitrogen and oxygen atoms in total. The molecule has 104 valence electrons. The van der Waals surface area contributed by atoms with Gasteiger partial charge in [0.2, 0.25) is 0 Å². The van der Waals surface area contributed by atoms with Gasteiger partial charge in [0.1, 0.15) is 12.2 Å². The number of nitrogens with zero attached hydrogens (tertiary/aromatic N) is 2. The summed E-state index contributed by atoms with van der Waals surface area (Å²) in [6.45, 7) is 2.11. The Bertz CT molecular complexity index is 466. The molecule has 19 heavy (non-hydrogen) atoms. The van der Waals surface area contributed by atoms with Crippen LogP contribution >= 0.6 is 0 Å². The number of rotatable bonds is 2. The van der Waals surface area contributed by atoms with E-state index in [0.717, 1.165) is 5.69 Å². The van der Waals surface area contributed by atoms with Gasteiger partial charge in [0.05, 0.1) is 19.3 Å². The standard InChI is InChI=1S/C13H18N2O4/c1-8-5-9(3-4-14-8)13(18)15(2)10-6-19-7-11(16)12(10)17/h3-5,10-12,16-17H,6-7H2,1-2H3/t10-,11-,12+/m1/s1. The van der Waals surface area contributed by atoms with E-state index in [4.69, 9.17) is 4.74 Å². The molecule has 2 rings (SSSR count). The minimum Gasteiger partial charge on any atom is -0.388 e. The van der Waals surface area contributed by atoms with Crippen molar-refractivity contribution >= 4 is 5.91 Å². The number of hydrogen-bond acceptors (Lipinski definition) is 5. The Morgan fingerprint density at radius 3 is 2.89 bits per heavy atom. The van der Waals surface area contributed by atoms with Crippen molar-refractivity contribution in [2.24, 2.45) is 0 Å². The molecule has 1 amide bonds. The van der Waals surface area contributed by atoms with Gasteiger partial charge in [-0.05, 0) is 19.1 Å². The number of aliphatic hydroxyl groups excluding tert-OH is 2. The molecule has 2 heterocycles. The van der Waals surface area contributed by atoms with Crippen LogP contribution in [0.1, 0.15) is 16.1 Å². The molecular weight excluding hydrogens is 248 g/mol. The Labute approximate surface area is 111 Å². The van der Waals surface area contributed by atoms with Gasteiger partial charge in [-0.2, -0.15) is 0 Å². The molecule has 1 fully saturated rings. The number of carbonyl (C=O) groups is 1. The van der Waals surface area contributed by atoms with Crippen molar-refractivity contribution in [2.75, 3.05) is 20.3 Å². The fraction of sp³-hybridized carbons (Fsp3) is 0.538. The molecule has 0 unspecified atom stereocenters. The van der Waals surface area contributed by atoms with Crippen molar-refractivity contribution in [3.8, 4) is 0 Å². The van der Waals surface area contributed by atoms with Crippen molar-refractivity contribution in [2.45, 2.75) is 25.2 Å². The highest BCUT2D eigenvalue weighted by atomic mass is 16.5. The second-order valence-corrected chi connectivity index (χ2v) is 4.76. The predicted molar refractivity (Wildman–Crippen MR) is 67.7 cm³/mol. The van der Waals surface area contributed by atoms with E-state index in [2.05, 4.69) is 4.98 Å². The van der Waals surface area contributed by atoms with Crippen LogP contribution in [0.5, 0.6) is 0 Å². The first kappa shape index (κ1) is 13.9. The summed E-state index contributed by atoms with van der Waals surface area (Å²) < 4.78 is 5.18. The van der Waals surface area contributed by atoms with Gasteiger partial charge < -0.3 is 19.8 Å². The lowest BCUT2D eigenvalue weighted by atomic mass is 10.0. The van der Waals surface area contributed by atoms with Crippen LogP contribution in [0.15, 0.2) is 18.3 Å². The molecule has 6 heteroatoms. The molecule has 2 N–H and O–H groups in total. The third-order valence-electron chi connectivity index (χ3n) is 3.33. The number of aromatic nitrogens is 1. The first-order valence-electron chi connectivity index (χ1n) is 6.14.